The topological polar surface area (TPSA) is 72.8 Å². The van der Waals surface area contributed by atoms with E-state index >= 15 is 0 Å². The van der Waals surface area contributed by atoms with Crippen molar-refractivity contribution in [2.24, 2.45) is 0 Å². The fourth-order valence-electron chi connectivity index (χ4n) is 1.84. The zero-order valence-corrected chi connectivity index (χ0v) is 12.6. The molecule has 0 radical (unpaired) electrons. The number of ether oxygens (including phenoxy) is 2. The van der Waals surface area contributed by atoms with Crippen LogP contribution in [0.1, 0.15) is 15.9 Å². The Hall–Kier alpha value is -2.08. The molecule has 0 saturated carbocycles. The molecular formula is C18H17NaO5. The van der Waals surface area contributed by atoms with Crippen LogP contribution >= 0.6 is 0 Å². The van der Waals surface area contributed by atoms with E-state index in [1.54, 1.807) is 37.5 Å². The molecule has 2 aromatic rings. The van der Waals surface area contributed by atoms with Gasteiger partial charge in [-0.15, -0.1) is 0 Å². The fourth-order valence-corrected chi connectivity index (χ4v) is 1.84. The van der Waals surface area contributed by atoms with Crippen molar-refractivity contribution in [1.82, 2.24) is 0 Å². The number of allylic oxidation sites excluding steroid dienone is 1. The van der Waals surface area contributed by atoms with Gasteiger partial charge in [0.1, 0.15) is 11.5 Å². The summed E-state index contributed by atoms with van der Waals surface area (Å²) in [7, 11) is 1.60. The van der Waals surface area contributed by atoms with Gasteiger partial charge in [0, 0.05) is 5.56 Å². The number of carbonyl (C=O) groups excluding carboxylic acids is 1. The summed E-state index contributed by atoms with van der Waals surface area (Å²) in [6.07, 6.45) is 3.20. The Kier molecular flexibility index (Phi) is 8.26. The normalized spacial score (nSPS) is 10.0. The van der Waals surface area contributed by atoms with Gasteiger partial charge in [-0.05, 0) is 48.0 Å². The van der Waals surface area contributed by atoms with Gasteiger partial charge in [-0.25, -0.2) is 4.79 Å². The number of ketones is 1. The minimum absolute atomic E-state index is 0. The Morgan fingerprint density at radius 3 is 2.12 bits per heavy atom. The molecule has 6 heteroatoms. The van der Waals surface area contributed by atoms with Crippen LogP contribution in [-0.2, 0) is 4.79 Å². The van der Waals surface area contributed by atoms with Gasteiger partial charge in [0.2, 0.25) is 0 Å². The van der Waals surface area contributed by atoms with E-state index in [-0.39, 0.29) is 35.3 Å². The molecule has 1 N–H and O–H groups in total. The van der Waals surface area contributed by atoms with E-state index in [0.717, 1.165) is 11.3 Å². The predicted octanol–water partition coefficient (Wildman–Crippen LogP) is 2.41. The first kappa shape index (κ1) is 20.0. The summed E-state index contributed by atoms with van der Waals surface area (Å²) in [6, 6.07) is 13.7. The van der Waals surface area contributed by atoms with Gasteiger partial charge in [-0.1, -0.05) is 18.2 Å². The fraction of sp³-hybridized carbons (Fsp3) is 0.111. The number of carboxylic acid groups (broad SMARTS) is 1. The van der Waals surface area contributed by atoms with Crippen LogP contribution in [0.15, 0.2) is 54.6 Å². The molecule has 0 saturated heterocycles. The second kappa shape index (κ2) is 9.93. The summed E-state index contributed by atoms with van der Waals surface area (Å²) in [4.78, 5) is 22.5. The quantitative estimate of drug-likeness (QED) is 0.477. The van der Waals surface area contributed by atoms with Crippen LogP contribution in [0, 0.1) is 0 Å². The van der Waals surface area contributed by atoms with Gasteiger partial charge in [0.15, 0.2) is 12.4 Å². The third-order valence-electron chi connectivity index (χ3n) is 3.04. The number of carbonyl (C=O) groups is 2. The number of carboxylic acids is 1. The monoisotopic (exact) mass is 336 g/mol. The average molecular weight is 336 g/mol. The molecule has 0 amide bonds. The molecule has 0 aromatic heterocycles. The van der Waals surface area contributed by atoms with E-state index in [4.69, 9.17) is 14.6 Å². The Balaban J connectivity index is 0.00000288. The van der Waals surface area contributed by atoms with Crippen molar-refractivity contribution in [2.75, 3.05) is 13.7 Å². The zero-order chi connectivity index (χ0) is 16.7. The van der Waals surface area contributed by atoms with Crippen molar-refractivity contribution >= 4 is 47.4 Å². The van der Waals surface area contributed by atoms with Crippen LogP contribution in [-0.4, -0.2) is 60.1 Å². The van der Waals surface area contributed by atoms with E-state index in [2.05, 4.69) is 0 Å². The van der Waals surface area contributed by atoms with Crippen molar-refractivity contribution in [1.29, 1.82) is 0 Å². The van der Waals surface area contributed by atoms with Crippen LogP contribution in [0.3, 0.4) is 0 Å². The summed E-state index contributed by atoms with van der Waals surface area (Å²) in [6.45, 7) is -0.412. The molecule has 0 unspecified atom stereocenters. The number of hydrogen-bond donors (Lipinski definition) is 1. The predicted molar refractivity (Wildman–Crippen MR) is 93.1 cm³/mol. The van der Waals surface area contributed by atoms with Crippen LogP contribution in [0.5, 0.6) is 11.5 Å². The van der Waals surface area contributed by atoms with Crippen molar-refractivity contribution in [2.45, 2.75) is 0 Å². The van der Waals surface area contributed by atoms with Gasteiger partial charge in [0.25, 0.3) is 0 Å². The summed E-state index contributed by atoms with van der Waals surface area (Å²) in [5, 5.41) is 8.53. The molecule has 0 aliphatic carbocycles. The van der Waals surface area contributed by atoms with Crippen LogP contribution < -0.4 is 9.47 Å². The maximum absolute atomic E-state index is 12.1. The number of rotatable bonds is 7. The van der Waals surface area contributed by atoms with Crippen molar-refractivity contribution in [3.63, 3.8) is 0 Å². The molecule has 120 valence electrons. The van der Waals surface area contributed by atoms with Crippen LogP contribution in [0.2, 0.25) is 0 Å². The minimum atomic E-state index is -1.05. The molecule has 2 aromatic carbocycles. The Bertz CT molecular complexity index is 705. The van der Waals surface area contributed by atoms with Crippen molar-refractivity contribution in [3.05, 3.63) is 65.7 Å². The van der Waals surface area contributed by atoms with E-state index < -0.39 is 12.6 Å². The second-order valence-electron chi connectivity index (χ2n) is 4.68. The molecule has 0 fully saturated rings. The Morgan fingerprint density at radius 2 is 1.58 bits per heavy atom. The molecule has 24 heavy (non-hydrogen) atoms. The molecule has 0 atom stereocenters. The SMILES string of the molecule is COc1ccc(/C=C/C(=O)c2ccc(OCC(=O)O)cc2)cc1.[NaH]. The van der Waals surface area contributed by atoms with Crippen LogP contribution in [0.25, 0.3) is 6.08 Å². The summed E-state index contributed by atoms with van der Waals surface area (Å²) >= 11 is 0. The van der Waals surface area contributed by atoms with Gasteiger partial charge in [-0.2, -0.15) is 0 Å². The number of aliphatic carboxylic acids is 1. The molecule has 5 nitrogen and oxygen atoms in total. The van der Waals surface area contributed by atoms with Gasteiger partial charge >= 0.3 is 35.5 Å². The van der Waals surface area contributed by atoms with Crippen LogP contribution in [0.4, 0.5) is 0 Å². The van der Waals surface area contributed by atoms with E-state index in [1.165, 1.54) is 6.08 Å². The molecule has 0 bridgehead atoms. The molecule has 0 aliphatic heterocycles. The third-order valence-corrected chi connectivity index (χ3v) is 3.04. The first-order valence-electron chi connectivity index (χ1n) is 6.89. The number of benzene rings is 2. The first-order valence-corrected chi connectivity index (χ1v) is 6.89. The standard InChI is InChI=1S/C18H16O5.Na.H/c1-22-15-7-2-13(3-8-15)4-11-17(19)14-5-9-16(10-6-14)23-12-18(20)21;;/h2-11H,12H2,1H3,(H,20,21);;/b11-4+;;. The van der Waals surface area contributed by atoms with Crippen molar-refractivity contribution < 1.29 is 24.2 Å². The van der Waals surface area contributed by atoms with Gasteiger partial charge in [0.05, 0.1) is 7.11 Å². The Morgan fingerprint density at radius 1 is 1.00 bits per heavy atom. The molecular weight excluding hydrogens is 319 g/mol. The number of methoxy groups -OCH3 is 1. The number of hydrogen-bond acceptors (Lipinski definition) is 4. The van der Waals surface area contributed by atoms with E-state index in [1.807, 2.05) is 24.3 Å². The molecule has 0 heterocycles. The second-order valence-corrected chi connectivity index (χ2v) is 4.68. The summed E-state index contributed by atoms with van der Waals surface area (Å²) in [5.41, 5.74) is 1.39. The zero-order valence-electron chi connectivity index (χ0n) is 12.6. The maximum atomic E-state index is 12.1. The van der Waals surface area contributed by atoms with Gasteiger partial charge in [-0.3, -0.25) is 4.79 Å². The van der Waals surface area contributed by atoms with E-state index in [9.17, 15) is 9.59 Å². The summed E-state index contributed by atoms with van der Waals surface area (Å²) in [5.74, 6) is -0.0355. The van der Waals surface area contributed by atoms with Gasteiger partial charge < -0.3 is 14.6 Å². The molecule has 0 aliphatic rings. The summed E-state index contributed by atoms with van der Waals surface area (Å²) < 4.78 is 10.1. The molecule has 0 spiro atoms. The first-order chi connectivity index (χ1) is 11.1. The Labute approximate surface area is 162 Å². The average Bonchev–Trinajstić information content (AvgIpc) is 2.58. The third kappa shape index (κ3) is 6.20. The van der Waals surface area contributed by atoms with Crippen molar-refractivity contribution in [3.8, 4) is 11.5 Å². The van der Waals surface area contributed by atoms with E-state index in [0.29, 0.717) is 11.3 Å². The molecule has 2 rings (SSSR count).